The van der Waals surface area contributed by atoms with Crippen molar-refractivity contribution >= 4 is 5.78 Å². The molecule has 0 radical (unpaired) electrons. The number of ether oxygens (including phenoxy) is 2. The van der Waals surface area contributed by atoms with E-state index in [-0.39, 0.29) is 12.0 Å². The van der Waals surface area contributed by atoms with Crippen molar-refractivity contribution in [2.75, 3.05) is 13.7 Å². The van der Waals surface area contributed by atoms with Gasteiger partial charge in [-0.25, -0.2) is 0 Å². The Balaban J connectivity index is 1.75. The molecule has 2 saturated heterocycles. The van der Waals surface area contributed by atoms with E-state index >= 15 is 0 Å². The smallest absolute Gasteiger partial charge is 0.138 e. The van der Waals surface area contributed by atoms with Crippen molar-refractivity contribution in [1.82, 2.24) is 0 Å². The summed E-state index contributed by atoms with van der Waals surface area (Å²) in [4.78, 5) is 11.8. The number of ketones is 1. The maximum absolute atomic E-state index is 11.8. The average Bonchev–Trinajstić information content (AvgIpc) is 2.79. The molecule has 3 unspecified atom stereocenters. The number of Topliss-reactive ketones (excluding diaryl/α,β-unsaturated/α-hetero) is 1. The summed E-state index contributed by atoms with van der Waals surface area (Å²) in [6, 6.07) is 0. The van der Waals surface area contributed by atoms with Gasteiger partial charge in [-0.05, 0) is 25.7 Å². The van der Waals surface area contributed by atoms with Crippen molar-refractivity contribution in [1.29, 1.82) is 0 Å². The molecule has 0 spiro atoms. The maximum atomic E-state index is 11.8. The van der Waals surface area contributed by atoms with E-state index in [4.69, 9.17) is 9.47 Å². The van der Waals surface area contributed by atoms with Crippen LogP contribution in [0.1, 0.15) is 32.1 Å². The van der Waals surface area contributed by atoms with E-state index < -0.39 is 0 Å². The molecular weight excluding hydrogens is 180 g/mol. The standard InChI is InChI=1S/C11H18O3/c1-13-6-2-3-10(12)9-7-8-4-5-11(9)14-8/h8-9,11H,2-7H2,1H3. The lowest BCUT2D eigenvalue weighted by Crippen LogP contribution is -2.25. The van der Waals surface area contributed by atoms with Gasteiger partial charge in [0.15, 0.2) is 0 Å². The largest absolute Gasteiger partial charge is 0.385 e. The summed E-state index contributed by atoms with van der Waals surface area (Å²) in [6.45, 7) is 0.688. The van der Waals surface area contributed by atoms with Crippen LogP contribution in [0, 0.1) is 5.92 Å². The molecule has 0 aromatic rings. The van der Waals surface area contributed by atoms with Crippen molar-refractivity contribution < 1.29 is 14.3 Å². The number of hydrogen-bond acceptors (Lipinski definition) is 3. The predicted octanol–water partition coefficient (Wildman–Crippen LogP) is 1.55. The van der Waals surface area contributed by atoms with E-state index in [1.54, 1.807) is 7.11 Å². The first kappa shape index (κ1) is 10.1. The Hall–Kier alpha value is -0.410. The third kappa shape index (κ3) is 1.98. The van der Waals surface area contributed by atoms with Crippen molar-refractivity contribution in [3.05, 3.63) is 0 Å². The third-order valence-electron chi connectivity index (χ3n) is 3.29. The lowest BCUT2D eigenvalue weighted by Gasteiger charge is -2.16. The van der Waals surface area contributed by atoms with Crippen molar-refractivity contribution in [2.24, 2.45) is 5.92 Å². The van der Waals surface area contributed by atoms with Crippen LogP contribution in [0.5, 0.6) is 0 Å². The molecule has 2 aliphatic heterocycles. The van der Waals surface area contributed by atoms with E-state index in [0.717, 1.165) is 25.7 Å². The van der Waals surface area contributed by atoms with Gasteiger partial charge in [0.1, 0.15) is 5.78 Å². The summed E-state index contributed by atoms with van der Waals surface area (Å²) in [6.07, 6.45) is 5.36. The Morgan fingerprint density at radius 2 is 2.36 bits per heavy atom. The van der Waals surface area contributed by atoms with Gasteiger partial charge in [-0.1, -0.05) is 0 Å². The second-order valence-electron chi connectivity index (χ2n) is 4.28. The molecule has 3 nitrogen and oxygen atoms in total. The summed E-state index contributed by atoms with van der Waals surface area (Å²) in [5, 5.41) is 0. The SMILES string of the molecule is COCCCC(=O)C1CC2CCC1O2. The average molecular weight is 198 g/mol. The number of fused-ring (bicyclic) bond motifs is 2. The molecule has 0 N–H and O–H groups in total. The Bertz CT molecular complexity index is 215. The van der Waals surface area contributed by atoms with Crippen molar-refractivity contribution in [3.8, 4) is 0 Å². The van der Waals surface area contributed by atoms with Crippen LogP contribution in [0.4, 0.5) is 0 Å². The molecule has 2 aliphatic rings. The Morgan fingerprint density at radius 1 is 1.50 bits per heavy atom. The van der Waals surface area contributed by atoms with E-state index in [2.05, 4.69) is 0 Å². The molecule has 0 aromatic carbocycles. The summed E-state index contributed by atoms with van der Waals surface area (Å²) in [7, 11) is 1.67. The molecule has 2 bridgehead atoms. The van der Waals surface area contributed by atoms with Crippen LogP contribution in [0.3, 0.4) is 0 Å². The highest BCUT2D eigenvalue weighted by Crippen LogP contribution is 2.39. The van der Waals surface area contributed by atoms with E-state index in [9.17, 15) is 4.79 Å². The molecule has 2 fully saturated rings. The zero-order valence-electron chi connectivity index (χ0n) is 8.70. The van der Waals surface area contributed by atoms with Gasteiger partial charge < -0.3 is 9.47 Å². The molecule has 0 aliphatic carbocycles. The van der Waals surface area contributed by atoms with Gasteiger partial charge in [0.25, 0.3) is 0 Å². The quantitative estimate of drug-likeness (QED) is 0.629. The second-order valence-corrected chi connectivity index (χ2v) is 4.28. The van der Waals surface area contributed by atoms with Crippen LogP contribution >= 0.6 is 0 Å². The van der Waals surface area contributed by atoms with Gasteiger partial charge in [0, 0.05) is 26.1 Å². The van der Waals surface area contributed by atoms with Gasteiger partial charge in [0.05, 0.1) is 12.2 Å². The number of hydrogen-bond donors (Lipinski definition) is 0. The van der Waals surface area contributed by atoms with Gasteiger partial charge >= 0.3 is 0 Å². The Labute approximate surface area is 84.8 Å². The molecule has 14 heavy (non-hydrogen) atoms. The fourth-order valence-electron chi connectivity index (χ4n) is 2.55. The summed E-state index contributed by atoms with van der Waals surface area (Å²) < 4.78 is 10.6. The van der Waals surface area contributed by atoms with E-state index in [1.807, 2.05) is 0 Å². The molecule has 80 valence electrons. The molecular formula is C11H18O3. The monoisotopic (exact) mass is 198 g/mol. The highest BCUT2D eigenvalue weighted by atomic mass is 16.5. The first-order chi connectivity index (χ1) is 6.81. The minimum Gasteiger partial charge on any atom is -0.385 e. The van der Waals surface area contributed by atoms with Gasteiger partial charge in [-0.15, -0.1) is 0 Å². The Morgan fingerprint density at radius 3 is 2.93 bits per heavy atom. The topological polar surface area (TPSA) is 35.5 Å². The zero-order valence-corrected chi connectivity index (χ0v) is 8.70. The van der Waals surface area contributed by atoms with Crippen LogP contribution in [0.2, 0.25) is 0 Å². The van der Waals surface area contributed by atoms with Crippen LogP contribution in [-0.4, -0.2) is 31.7 Å². The molecule has 0 saturated carbocycles. The second kappa shape index (κ2) is 4.41. The highest BCUT2D eigenvalue weighted by Gasteiger charge is 2.43. The zero-order chi connectivity index (χ0) is 9.97. The van der Waals surface area contributed by atoms with Gasteiger partial charge in [-0.2, -0.15) is 0 Å². The molecule has 3 atom stereocenters. The maximum Gasteiger partial charge on any atom is 0.138 e. The van der Waals surface area contributed by atoms with E-state index in [1.165, 1.54) is 0 Å². The lowest BCUT2D eigenvalue weighted by atomic mass is 9.85. The summed E-state index contributed by atoms with van der Waals surface area (Å²) in [5.41, 5.74) is 0. The third-order valence-corrected chi connectivity index (χ3v) is 3.29. The van der Waals surface area contributed by atoms with Crippen LogP contribution < -0.4 is 0 Å². The Kier molecular flexibility index (Phi) is 3.19. The lowest BCUT2D eigenvalue weighted by molar-refractivity contribution is -0.124. The van der Waals surface area contributed by atoms with Crippen molar-refractivity contribution in [2.45, 2.75) is 44.3 Å². The predicted molar refractivity (Wildman–Crippen MR) is 52.1 cm³/mol. The normalized spacial score (nSPS) is 35.1. The first-order valence-corrected chi connectivity index (χ1v) is 5.48. The fourth-order valence-corrected chi connectivity index (χ4v) is 2.55. The first-order valence-electron chi connectivity index (χ1n) is 5.48. The number of carbonyl (C=O) groups excluding carboxylic acids is 1. The van der Waals surface area contributed by atoms with Gasteiger partial charge in [0.2, 0.25) is 0 Å². The fraction of sp³-hybridized carbons (Fsp3) is 0.909. The minimum atomic E-state index is 0.200. The summed E-state index contributed by atoms with van der Waals surface area (Å²) in [5.74, 6) is 0.583. The molecule has 2 heterocycles. The van der Waals surface area contributed by atoms with Crippen LogP contribution in [0.25, 0.3) is 0 Å². The molecule has 0 amide bonds. The van der Waals surface area contributed by atoms with Crippen LogP contribution in [-0.2, 0) is 14.3 Å². The molecule has 2 rings (SSSR count). The highest BCUT2D eigenvalue weighted by molar-refractivity contribution is 5.82. The van der Waals surface area contributed by atoms with Crippen molar-refractivity contribution in [3.63, 3.8) is 0 Å². The van der Waals surface area contributed by atoms with E-state index in [0.29, 0.717) is 24.9 Å². The minimum absolute atomic E-state index is 0.200. The molecule has 3 heteroatoms. The number of methoxy groups -OCH3 is 1. The number of rotatable bonds is 5. The number of carbonyl (C=O) groups is 1. The summed E-state index contributed by atoms with van der Waals surface area (Å²) >= 11 is 0. The van der Waals surface area contributed by atoms with Gasteiger partial charge in [-0.3, -0.25) is 4.79 Å². The van der Waals surface area contributed by atoms with Crippen LogP contribution in [0.15, 0.2) is 0 Å². The molecule has 0 aromatic heterocycles.